The summed E-state index contributed by atoms with van der Waals surface area (Å²) >= 11 is 1.71. The first-order valence-corrected chi connectivity index (χ1v) is 7.17. The Morgan fingerprint density at radius 1 is 1.53 bits per heavy atom. The smallest absolute Gasteiger partial charge is 0.169 e. The zero-order valence-electron chi connectivity index (χ0n) is 11.1. The molecule has 1 fully saturated rings. The molecule has 1 aliphatic rings. The van der Waals surface area contributed by atoms with Gasteiger partial charge in [0.25, 0.3) is 0 Å². The molecular formula is C12H17N5OS. The van der Waals surface area contributed by atoms with Gasteiger partial charge >= 0.3 is 0 Å². The first kappa shape index (κ1) is 12.7. The van der Waals surface area contributed by atoms with Gasteiger partial charge in [-0.3, -0.25) is 0 Å². The van der Waals surface area contributed by atoms with Crippen molar-refractivity contribution in [3.05, 3.63) is 27.7 Å². The van der Waals surface area contributed by atoms with E-state index in [0.29, 0.717) is 6.61 Å². The van der Waals surface area contributed by atoms with Crippen LogP contribution < -0.4 is 5.32 Å². The molecule has 0 aliphatic carbocycles. The van der Waals surface area contributed by atoms with Gasteiger partial charge in [-0.05, 0) is 13.8 Å². The maximum Gasteiger partial charge on any atom is 0.169 e. The summed E-state index contributed by atoms with van der Waals surface area (Å²) in [6, 6.07) is 0.110. The van der Waals surface area contributed by atoms with E-state index in [0.717, 1.165) is 36.2 Å². The van der Waals surface area contributed by atoms with E-state index in [1.807, 2.05) is 18.5 Å². The third kappa shape index (κ3) is 2.83. The number of thiazole rings is 1. The van der Waals surface area contributed by atoms with Crippen LogP contribution in [0.25, 0.3) is 0 Å². The lowest BCUT2D eigenvalue weighted by atomic mass is 10.3. The van der Waals surface area contributed by atoms with Gasteiger partial charge in [0.2, 0.25) is 0 Å². The van der Waals surface area contributed by atoms with E-state index in [4.69, 9.17) is 4.74 Å². The fourth-order valence-corrected chi connectivity index (χ4v) is 3.07. The molecule has 3 heterocycles. The molecule has 1 N–H and O–H groups in total. The van der Waals surface area contributed by atoms with Crippen LogP contribution in [0.15, 0.2) is 6.33 Å². The molecule has 0 spiro atoms. The van der Waals surface area contributed by atoms with Crippen LogP contribution in [0, 0.1) is 13.8 Å². The standard InChI is InChI=1S/C12H17N5OS/c1-8-11(19-9(2)15-8)5-17-7-14-12(16-17)10-6-18-4-3-13-10/h7,10,13H,3-6H2,1-2H3. The van der Waals surface area contributed by atoms with Gasteiger partial charge in [-0.2, -0.15) is 5.10 Å². The second-order valence-electron chi connectivity index (χ2n) is 4.62. The fraction of sp³-hybridized carbons (Fsp3) is 0.583. The minimum atomic E-state index is 0.110. The molecule has 19 heavy (non-hydrogen) atoms. The van der Waals surface area contributed by atoms with Crippen LogP contribution in [-0.4, -0.2) is 39.5 Å². The lowest BCUT2D eigenvalue weighted by Crippen LogP contribution is -2.35. The third-order valence-corrected chi connectivity index (χ3v) is 4.15. The molecule has 0 saturated carbocycles. The summed E-state index contributed by atoms with van der Waals surface area (Å²) in [6.07, 6.45) is 1.78. The monoisotopic (exact) mass is 279 g/mol. The highest BCUT2D eigenvalue weighted by molar-refractivity contribution is 7.11. The number of rotatable bonds is 3. The fourth-order valence-electron chi connectivity index (χ4n) is 2.14. The van der Waals surface area contributed by atoms with Crippen LogP contribution in [0.1, 0.15) is 27.4 Å². The molecule has 1 saturated heterocycles. The van der Waals surface area contributed by atoms with E-state index in [-0.39, 0.29) is 6.04 Å². The van der Waals surface area contributed by atoms with Crippen molar-refractivity contribution < 1.29 is 4.74 Å². The zero-order valence-corrected chi connectivity index (χ0v) is 11.9. The van der Waals surface area contributed by atoms with Crippen LogP contribution in [-0.2, 0) is 11.3 Å². The van der Waals surface area contributed by atoms with Crippen LogP contribution in [0.2, 0.25) is 0 Å². The molecule has 2 aromatic rings. The summed E-state index contributed by atoms with van der Waals surface area (Å²) in [4.78, 5) is 10.0. The molecule has 7 heteroatoms. The molecule has 1 unspecified atom stereocenters. The van der Waals surface area contributed by atoms with E-state index in [9.17, 15) is 0 Å². The van der Waals surface area contributed by atoms with Gasteiger partial charge in [0.05, 0.1) is 36.5 Å². The Bertz CT molecular complexity index is 558. The van der Waals surface area contributed by atoms with Crippen molar-refractivity contribution >= 4 is 11.3 Å². The van der Waals surface area contributed by atoms with Crippen molar-refractivity contribution in [2.75, 3.05) is 19.8 Å². The number of nitrogens with zero attached hydrogens (tertiary/aromatic N) is 4. The molecule has 0 radical (unpaired) electrons. The van der Waals surface area contributed by atoms with Crippen molar-refractivity contribution in [1.82, 2.24) is 25.1 Å². The van der Waals surface area contributed by atoms with Crippen molar-refractivity contribution in [3.8, 4) is 0 Å². The predicted octanol–water partition coefficient (Wildman–Crippen LogP) is 1.06. The van der Waals surface area contributed by atoms with Crippen molar-refractivity contribution in [3.63, 3.8) is 0 Å². The second-order valence-corrected chi connectivity index (χ2v) is 5.91. The Morgan fingerprint density at radius 2 is 2.42 bits per heavy atom. The third-order valence-electron chi connectivity index (χ3n) is 3.09. The van der Waals surface area contributed by atoms with Gasteiger partial charge in [-0.15, -0.1) is 11.3 Å². The molecule has 0 amide bonds. The maximum atomic E-state index is 5.43. The summed E-state index contributed by atoms with van der Waals surface area (Å²) in [5.74, 6) is 0.804. The molecule has 102 valence electrons. The van der Waals surface area contributed by atoms with E-state index >= 15 is 0 Å². The Labute approximate surface area is 115 Å². The van der Waals surface area contributed by atoms with Crippen molar-refractivity contribution in [2.45, 2.75) is 26.4 Å². The summed E-state index contributed by atoms with van der Waals surface area (Å²) in [5, 5.41) is 8.97. The zero-order chi connectivity index (χ0) is 13.2. The van der Waals surface area contributed by atoms with E-state index in [1.165, 1.54) is 4.88 Å². The number of morpholine rings is 1. The number of hydrogen-bond donors (Lipinski definition) is 1. The molecule has 0 aromatic carbocycles. The number of aromatic nitrogens is 4. The van der Waals surface area contributed by atoms with Crippen molar-refractivity contribution in [1.29, 1.82) is 0 Å². The lowest BCUT2D eigenvalue weighted by Gasteiger charge is -2.20. The molecule has 1 aliphatic heterocycles. The highest BCUT2D eigenvalue weighted by Crippen LogP contribution is 2.18. The van der Waals surface area contributed by atoms with Gasteiger partial charge < -0.3 is 10.1 Å². The van der Waals surface area contributed by atoms with Gasteiger partial charge in [0.15, 0.2) is 5.82 Å². The van der Waals surface area contributed by atoms with Crippen LogP contribution in [0.3, 0.4) is 0 Å². The molecule has 0 bridgehead atoms. The SMILES string of the molecule is Cc1nc(C)c(Cn2cnc(C3COCCN3)n2)s1. The Balaban J connectivity index is 1.72. The quantitative estimate of drug-likeness (QED) is 0.910. The number of hydrogen-bond acceptors (Lipinski definition) is 6. The van der Waals surface area contributed by atoms with Gasteiger partial charge in [-0.25, -0.2) is 14.6 Å². The Morgan fingerprint density at radius 3 is 3.11 bits per heavy atom. The van der Waals surface area contributed by atoms with Crippen LogP contribution in [0.5, 0.6) is 0 Å². The Kier molecular flexibility index (Phi) is 3.58. The van der Waals surface area contributed by atoms with Gasteiger partial charge in [0.1, 0.15) is 6.33 Å². The highest BCUT2D eigenvalue weighted by Gasteiger charge is 2.19. The van der Waals surface area contributed by atoms with Crippen LogP contribution in [0.4, 0.5) is 0 Å². The molecule has 1 atom stereocenters. The van der Waals surface area contributed by atoms with Gasteiger partial charge in [0, 0.05) is 11.4 Å². The average molecular weight is 279 g/mol. The molecule has 6 nitrogen and oxygen atoms in total. The first-order valence-electron chi connectivity index (χ1n) is 6.36. The summed E-state index contributed by atoms with van der Waals surface area (Å²) < 4.78 is 7.29. The Hall–Kier alpha value is -1.31. The van der Waals surface area contributed by atoms with Crippen LogP contribution >= 0.6 is 11.3 Å². The first-order chi connectivity index (χ1) is 9.22. The largest absolute Gasteiger partial charge is 0.378 e. The predicted molar refractivity (Wildman–Crippen MR) is 72.3 cm³/mol. The molecule has 3 rings (SSSR count). The lowest BCUT2D eigenvalue weighted by molar-refractivity contribution is 0.0742. The van der Waals surface area contributed by atoms with E-state index in [1.54, 1.807) is 17.7 Å². The highest BCUT2D eigenvalue weighted by atomic mass is 32.1. The van der Waals surface area contributed by atoms with E-state index < -0.39 is 0 Å². The maximum absolute atomic E-state index is 5.43. The van der Waals surface area contributed by atoms with Gasteiger partial charge in [-0.1, -0.05) is 0 Å². The molecular weight excluding hydrogens is 262 g/mol. The van der Waals surface area contributed by atoms with Crippen molar-refractivity contribution in [2.24, 2.45) is 0 Å². The topological polar surface area (TPSA) is 64.9 Å². The summed E-state index contributed by atoms with van der Waals surface area (Å²) in [7, 11) is 0. The summed E-state index contributed by atoms with van der Waals surface area (Å²) in [5.41, 5.74) is 1.08. The summed E-state index contributed by atoms with van der Waals surface area (Å²) in [6.45, 7) is 7.05. The number of aryl methyl sites for hydroxylation is 2. The minimum absolute atomic E-state index is 0.110. The number of ether oxygens (including phenoxy) is 1. The van der Waals surface area contributed by atoms with E-state index in [2.05, 4.69) is 20.4 Å². The average Bonchev–Trinajstić information content (AvgIpc) is 2.99. The number of nitrogens with one attached hydrogen (secondary N) is 1. The normalized spacial score (nSPS) is 19.8. The minimum Gasteiger partial charge on any atom is -0.378 e. The molecule has 2 aromatic heterocycles. The second kappa shape index (κ2) is 5.36.